The Labute approximate surface area is 172 Å². The van der Waals surface area contributed by atoms with Crippen molar-refractivity contribution in [2.45, 2.75) is 30.7 Å². The number of fused-ring (bicyclic) bond motifs is 1. The maximum atomic E-state index is 13.3. The first-order valence-electron chi connectivity index (χ1n) is 9.15. The van der Waals surface area contributed by atoms with Gasteiger partial charge in [-0.1, -0.05) is 0 Å². The van der Waals surface area contributed by atoms with Gasteiger partial charge < -0.3 is 15.0 Å². The monoisotopic (exact) mass is 436 g/mol. The first-order chi connectivity index (χ1) is 13.9. The lowest BCUT2D eigenvalue weighted by molar-refractivity contribution is -0.119. The Morgan fingerprint density at radius 1 is 1.31 bits per heavy atom. The summed E-state index contributed by atoms with van der Waals surface area (Å²) < 4.78 is 33.4. The molecule has 2 aromatic rings. The highest BCUT2D eigenvalue weighted by atomic mass is 32.2. The van der Waals surface area contributed by atoms with Crippen molar-refractivity contribution in [2.24, 2.45) is 0 Å². The molecule has 0 spiro atoms. The van der Waals surface area contributed by atoms with Crippen molar-refractivity contribution in [3.8, 4) is 5.75 Å². The van der Waals surface area contributed by atoms with E-state index in [4.69, 9.17) is 4.74 Å². The maximum Gasteiger partial charge on any atom is 0.244 e. The van der Waals surface area contributed by atoms with Crippen LogP contribution in [0.3, 0.4) is 0 Å². The Kier molecular flexibility index (Phi) is 5.28. The zero-order chi connectivity index (χ0) is 20.6. The molecule has 1 unspecified atom stereocenters. The molecule has 1 fully saturated rings. The van der Waals surface area contributed by atoms with Gasteiger partial charge in [0, 0.05) is 25.0 Å². The average Bonchev–Trinajstić information content (AvgIpc) is 3.39. The van der Waals surface area contributed by atoms with Gasteiger partial charge in [0.2, 0.25) is 21.8 Å². The van der Waals surface area contributed by atoms with Gasteiger partial charge in [0.25, 0.3) is 0 Å². The molecule has 2 aliphatic heterocycles. The van der Waals surface area contributed by atoms with E-state index in [1.54, 1.807) is 17.6 Å². The van der Waals surface area contributed by atoms with Crippen LogP contribution < -0.4 is 15.0 Å². The molecule has 1 N–H and O–H groups in total. The van der Waals surface area contributed by atoms with E-state index in [-0.39, 0.29) is 17.3 Å². The van der Waals surface area contributed by atoms with Crippen LogP contribution in [0, 0.1) is 0 Å². The lowest BCUT2D eigenvalue weighted by Crippen LogP contribution is -2.43. The van der Waals surface area contributed by atoms with Crippen LogP contribution >= 0.6 is 11.3 Å². The highest BCUT2D eigenvalue weighted by molar-refractivity contribution is 7.89. The number of hydrogen-bond donors (Lipinski definition) is 1. The van der Waals surface area contributed by atoms with Crippen LogP contribution in [0.1, 0.15) is 19.8 Å². The number of nitrogens with zero attached hydrogens (tertiary/aromatic N) is 3. The number of aromatic nitrogens is 1. The van der Waals surface area contributed by atoms with Crippen molar-refractivity contribution in [3.63, 3.8) is 0 Å². The summed E-state index contributed by atoms with van der Waals surface area (Å²) in [7, 11) is -3.93. The molecule has 1 saturated heterocycles. The van der Waals surface area contributed by atoms with Crippen molar-refractivity contribution < 1.29 is 22.7 Å². The number of sulfonamides is 1. The van der Waals surface area contributed by atoms with Crippen molar-refractivity contribution >= 4 is 44.0 Å². The first-order valence-corrected chi connectivity index (χ1v) is 11.5. The lowest BCUT2D eigenvalue weighted by Gasteiger charge is -2.29. The van der Waals surface area contributed by atoms with Gasteiger partial charge in [-0.15, -0.1) is 11.3 Å². The molecule has 9 nitrogen and oxygen atoms in total. The average molecular weight is 437 g/mol. The smallest absolute Gasteiger partial charge is 0.244 e. The molecule has 3 heterocycles. The molecule has 29 heavy (non-hydrogen) atoms. The van der Waals surface area contributed by atoms with Crippen LogP contribution in [0.2, 0.25) is 0 Å². The van der Waals surface area contributed by atoms with Gasteiger partial charge in [-0.2, -0.15) is 4.31 Å². The summed E-state index contributed by atoms with van der Waals surface area (Å²) in [5, 5.41) is 4.84. The predicted molar refractivity (Wildman–Crippen MR) is 108 cm³/mol. The molecule has 0 aliphatic carbocycles. The number of thiazole rings is 1. The number of hydrogen-bond acceptors (Lipinski definition) is 7. The summed E-state index contributed by atoms with van der Waals surface area (Å²) in [6.45, 7) is 2.39. The van der Waals surface area contributed by atoms with E-state index in [9.17, 15) is 18.0 Å². The molecule has 0 saturated carbocycles. The van der Waals surface area contributed by atoms with Crippen molar-refractivity contribution in [1.29, 1.82) is 0 Å². The Balaban J connectivity index is 1.63. The summed E-state index contributed by atoms with van der Waals surface area (Å²) in [6, 6.07) is 3.64. The highest BCUT2D eigenvalue weighted by Gasteiger charge is 2.40. The molecular formula is C18H20N4O5S2. The molecule has 11 heteroatoms. The minimum atomic E-state index is -3.93. The molecule has 1 aromatic carbocycles. The highest BCUT2D eigenvalue weighted by Crippen LogP contribution is 2.36. The van der Waals surface area contributed by atoms with Gasteiger partial charge in [0.1, 0.15) is 18.4 Å². The fourth-order valence-corrected chi connectivity index (χ4v) is 5.79. The lowest BCUT2D eigenvalue weighted by atomic mass is 10.2. The molecule has 2 aliphatic rings. The first kappa shape index (κ1) is 19.8. The third kappa shape index (κ3) is 3.72. The van der Waals surface area contributed by atoms with E-state index in [2.05, 4.69) is 10.3 Å². The number of benzene rings is 1. The molecule has 4 rings (SSSR count). The third-order valence-corrected chi connectivity index (χ3v) is 7.54. The van der Waals surface area contributed by atoms with Crippen LogP contribution in [0.4, 0.5) is 10.8 Å². The molecule has 154 valence electrons. The normalized spacial score (nSPS) is 19.5. The van der Waals surface area contributed by atoms with Crippen LogP contribution in [0.5, 0.6) is 5.75 Å². The van der Waals surface area contributed by atoms with Crippen LogP contribution in [0.15, 0.2) is 34.7 Å². The number of rotatable bonds is 4. The van der Waals surface area contributed by atoms with Crippen molar-refractivity contribution in [3.05, 3.63) is 29.8 Å². The molecule has 1 aromatic heterocycles. The van der Waals surface area contributed by atoms with E-state index >= 15 is 0 Å². The second-order valence-electron chi connectivity index (χ2n) is 6.75. The second-order valence-corrected chi connectivity index (χ2v) is 9.53. The van der Waals surface area contributed by atoms with E-state index in [1.807, 2.05) is 0 Å². The van der Waals surface area contributed by atoms with E-state index in [0.29, 0.717) is 42.6 Å². The van der Waals surface area contributed by atoms with Gasteiger partial charge in [0.05, 0.1) is 17.1 Å². The number of carbonyl (C=O) groups excluding carboxylic acids is 2. The van der Waals surface area contributed by atoms with Crippen LogP contribution in [-0.4, -0.2) is 55.3 Å². The van der Waals surface area contributed by atoms with Crippen molar-refractivity contribution in [1.82, 2.24) is 9.29 Å². The van der Waals surface area contributed by atoms with Crippen molar-refractivity contribution in [2.75, 3.05) is 29.9 Å². The minimum Gasteiger partial charge on any atom is -0.490 e. The van der Waals surface area contributed by atoms with E-state index < -0.39 is 22.0 Å². The Bertz CT molecular complexity index is 1040. The number of nitrogens with one attached hydrogen (secondary N) is 1. The summed E-state index contributed by atoms with van der Waals surface area (Å²) in [4.78, 5) is 30.1. The third-order valence-electron chi connectivity index (χ3n) is 4.95. The maximum absolute atomic E-state index is 13.3. The molecule has 1 atom stereocenters. The molecule has 0 bridgehead atoms. The number of ether oxygens (including phenoxy) is 1. The zero-order valence-corrected chi connectivity index (χ0v) is 17.3. The van der Waals surface area contributed by atoms with E-state index in [1.165, 1.54) is 39.6 Å². The Morgan fingerprint density at radius 3 is 2.86 bits per heavy atom. The van der Waals surface area contributed by atoms with Crippen LogP contribution in [0.25, 0.3) is 0 Å². The topological polar surface area (TPSA) is 109 Å². The molecule has 2 amide bonds. The summed E-state index contributed by atoms with van der Waals surface area (Å²) in [6.07, 6.45) is 2.59. The van der Waals surface area contributed by atoms with E-state index in [0.717, 1.165) is 0 Å². The second kappa shape index (κ2) is 7.73. The SMILES string of the molecule is CC(=O)N1CCOc2ccc(S(=O)(=O)N3CCCC3C(=O)Nc3nccs3)cc21. The van der Waals surface area contributed by atoms with Gasteiger partial charge in [0.15, 0.2) is 5.13 Å². The Morgan fingerprint density at radius 2 is 2.14 bits per heavy atom. The summed E-state index contributed by atoms with van der Waals surface area (Å²) in [5.41, 5.74) is 0.424. The zero-order valence-electron chi connectivity index (χ0n) is 15.7. The molecular weight excluding hydrogens is 416 g/mol. The molecule has 0 radical (unpaired) electrons. The summed E-state index contributed by atoms with van der Waals surface area (Å²) in [5.74, 6) is -0.122. The number of carbonyl (C=O) groups is 2. The predicted octanol–water partition coefficient (Wildman–Crippen LogP) is 1.68. The quantitative estimate of drug-likeness (QED) is 0.781. The number of anilines is 2. The number of amides is 2. The van der Waals surface area contributed by atoms with Gasteiger partial charge in [-0.3, -0.25) is 9.59 Å². The summed E-state index contributed by atoms with van der Waals surface area (Å²) >= 11 is 1.27. The fraction of sp³-hybridized carbons (Fsp3) is 0.389. The largest absolute Gasteiger partial charge is 0.490 e. The van der Waals surface area contributed by atoms with Gasteiger partial charge >= 0.3 is 0 Å². The fourth-order valence-electron chi connectivity index (χ4n) is 3.58. The minimum absolute atomic E-state index is 0.0296. The Hall–Kier alpha value is -2.50. The van der Waals surface area contributed by atoms with Gasteiger partial charge in [-0.05, 0) is 31.0 Å². The van der Waals surface area contributed by atoms with Gasteiger partial charge in [-0.25, -0.2) is 13.4 Å². The van der Waals surface area contributed by atoms with Crippen LogP contribution in [-0.2, 0) is 19.6 Å². The standard InChI is InChI=1S/C18H20N4O5S2/c1-12(23)21-8-9-27-16-5-4-13(11-15(16)21)29(25,26)22-7-2-3-14(22)17(24)20-18-19-6-10-28-18/h4-6,10-11,14H,2-3,7-9H2,1H3,(H,19,20,24).